The fourth-order valence-electron chi connectivity index (χ4n) is 5.50. The predicted octanol–water partition coefficient (Wildman–Crippen LogP) is 6.94. The fraction of sp³-hybridized carbons (Fsp3) is 0.355. The molecule has 2 aliphatic heterocycles. The summed E-state index contributed by atoms with van der Waals surface area (Å²) in [5.41, 5.74) is -1.27. The van der Waals surface area contributed by atoms with Crippen LogP contribution in [-0.2, 0) is 4.79 Å². The Balaban J connectivity index is 1.54. The molecule has 2 amide bonds. The standard InChI is InChI=1S/C31H30ClF4N5O5/c1-38-14-10-22(11-15-38)46-28-18-20(39-12-2-3-13-39)5-7-23(28)29(42)37-25-8-4-19(33)16-27(25)40(30(43)31(34,35)36)26-9-6-21(41(44)45)17-24(26)32/h4-9,16-18,22H,2-3,10-15H2,1H3,(H,37,42). The Labute approximate surface area is 266 Å². The number of rotatable bonds is 8. The van der Waals surface area contributed by atoms with Crippen LogP contribution in [0.5, 0.6) is 5.75 Å². The molecular weight excluding hydrogens is 634 g/mol. The number of nitro benzene ring substituents is 1. The van der Waals surface area contributed by atoms with E-state index < -0.39 is 50.8 Å². The molecule has 0 radical (unpaired) electrons. The zero-order chi connectivity index (χ0) is 33.2. The van der Waals surface area contributed by atoms with Gasteiger partial charge in [0.15, 0.2) is 0 Å². The minimum atomic E-state index is -5.47. The van der Waals surface area contributed by atoms with Gasteiger partial charge in [-0.2, -0.15) is 13.2 Å². The van der Waals surface area contributed by atoms with Crippen molar-refractivity contribution in [3.05, 3.63) is 81.1 Å². The van der Waals surface area contributed by atoms with Crippen LogP contribution in [0.15, 0.2) is 54.6 Å². The zero-order valence-corrected chi connectivity index (χ0v) is 25.4. The maximum absolute atomic E-state index is 14.6. The van der Waals surface area contributed by atoms with Gasteiger partial charge in [0.05, 0.1) is 32.6 Å². The van der Waals surface area contributed by atoms with Gasteiger partial charge >= 0.3 is 12.1 Å². The van der Waals surface area contributed by atoms with Gasteiger partial charge in [0.2, 0.25) is 0 Å². The topological polar surface area (TPSA) is 108 Å². The number of amides is 2. The van der Waals surface area contributed by atoms with Crippen LogP contribution in [0.3, 0.4) is 0 Å². The zero-order valence-electron chi connectivity index (χ0n) is 24.7. The van der Waals surface area contributed by atoms with Gasteiger partial charge in [0.25, 0.3) is 11.6 Å². The van der Waals surface area contributed by atoms with E-state index in [1.165, 1.54) is 0 Å². The average molecular weight is 664 g/mol. The summed E-state index contributed by atoms with van der Waals surface area (Å²) in [5.74, 6) is -3.99. The van der Waals surface area contributed by atoms with Gasteiger partial charge < -0.3 is 19.9 Å². The average Bonchev–Trinajstić information content (AvgIpc) is 3.55. The van der Waals surface area contributed by atoms with E-state index in [2.05, 4.69) is 15.1 Å². The van der Waals surface area contributed by atoms with Crippen molar-refractivity contribution in [2.24, 2.45) is 0 Å². The van der Waals surface area contributed by atoms with Crippen molar-refractivity contribution < 1.29 is 36.8 Å². The monoisotopic (exact) mass is 663 g/mol. The highest BCUT2D eigenvalue weighted by Crippen LogP contribution is 2.41. The van der Waals surface area contributed by atoms with E-state index >= 15 is 0 Å². The number of ether oxygens (including phenoxy) is 1. The third-order valence-electron chi connectivity index (χ3n) is 7.92. The lowest BCUT2D eigenvalue weighted by Crippen LogP contribution is -2.39. The van der Waals surface area contributed by atoms with E-state index in [9.17, 15) is 37.3 Å². The van der Waals surface area contributed by atoms with Crippen molar-refractivity contribution in [1.82, 2.24) is 4.90 Å². The minimum Gasteiger partial charge on any atom is -0.489 e. The molecule has 15 heteroatoms. The molecule has 2 heterocycles. The smallest absolute Gasteiger partial charge is 0.472 e. The number of non-ortho nitro benzene ring substituents is 1. The molecule has 1 N–H and O–H groups in total. The quantitative estimate of drug-likeness (QED) is 0.158. The minimum absolute atomic E-state index is 0.0666. The van der Waals surface area contributed by atoms with Crippen LogP contribution in [0.25, 0.3) is 0 Å². The summed E-state index contributed by atoms with van der Waals surface area (Å²) in [4.78, 5) is 41.3. The third kappa shape index (κ3) is 7.34. The Bertz CT molecular complexity index is 1640. The number of nitrogens with one attached hydrogen (secondary N) is 1. The summed E-state index contributed by atoms with van der Waals surface area (Å²) in [6.07, 6.45) is -2.17. The Hall–Kier alpha value is -4.43. The van der Waals surface area contributed by atoms with Gasteiger partial charge in [-0.25, -0.2) is 4.39 Å². The largest absolute Gasteiger partial charge is 0.489 e. The SMILES string of the molecule is CN1CCC(Oc2cc(N3CCCC3)ccc2C(=O)Nc2ccc(F)cc2N(C(=O)C(F)(F)F)c2ccc([N+](=O)[O-])cc2Cl)CC1. The second-order valence-corrected chi connectivity index (χ2v) is 11.5. The summed E-state index contributed by atoms with van der Waals surface area (Å²) in [6.45, 7) is 3.27. The predicted molar refractivity (Wildman–Crippen MR) is 165 cm³/mol. The Kier molecular flexibility index (Phi) is 9.68. The van der Waals surface area contributed by atoms with E-state index in [0.29, 0.717) is 6.07 Å². The summed E-state index contributed by atoms with van der Waals surface area (Å²) in [6, 6.07) is 10.1. The number of benzene rings is 3. The van der Waals surface area contributed by atoms with Crippen LogP contribution in [0, 0.1) is 15.9 Å². The van der Waals surface area contributed by atoms with Crippen molar-refractivity contribution in [3.8, 4) is 5.75 Å². The van der Waals surface area contributed by atoms with Gasteiger partial charge in [0.1, 0.15) is 17.7 Å². The van der Waals surface area contributed by atoms with Crippen molar-refractivity contribution in [3.63, 3.8) is 0 Å². The number of hydrogen-bond donors (Lipinski definition) is 1. The molecule has 0 saturated carbocycles. The molecule has 0 aromatic heterocycles. The summed E-state index contributed by atoms with van der Waals surface area (Å²) < 4.78 is 62.6. The van der Waals surface area contributed by atoms with Crippen molar-refractivity contribution in [1.29, 1.82) is 0 Å². The number of carbonyl (C=O) groups is 2. The van der Waals surface area contributed by atoms with Crippen LogP contribution < -0.4 is 19.9 Å². The summed E-state index contributed by atoms with van der Waals surface area (Å²) in [5, 5.41) is 13.1. The first-order chi connectivity index (χ1) is 21.8. The van der Waals surface area contributed by atoms with Gasteiger partial charge in [-0.1, -0.05) is 11.6 Å². The lowest BCUT2D eigenvalue weighted by molar-refractivity contribution is -0.384. The van der Waals surface area contributed by atoms with Crippen LogP contribution in [0.2, 0.25) is 5.02 Å². The van der Waals surface area contributed by atoms with E-state index in [0.717, 1.165) is 87.9 Å². The number of nitrogens with zero attached hydrogens (tertiary/aromatic N) is 4. The molecule has 2 saturated heterocycles. The Morgan fingerprint density at radius 2 is 1.70 bits per heavy atom. The van der Waals surface area contributed by atoms with E-state index in [1.54, 1.807) is 18.2 Å². The molecular formula is C31H30ClF4N5O5. The molecule has 0 spiro atoms. The van der Waals surface area contributed by atoms with E-state index in [4.69, 9.17) is 16.3 Å². The first-order valence-corrected chi connectivity index (χ1v) is 14.9. The molecule has 0 bridgehead atoms. The van der Waals surface area contributed by atoms with Crippen LogP contribution in [0.1, 0.15) is 36.0 Å². The van der Waals surface area contributed by atoms with Crippen molar-refractivity contribution in [2.45, 2.75) is 38.0 Å². The lowest BCUT2D eigenvalue weighted by atomic mass is 10.1. The first-order valence-electron chi connectivity index (χ1n) is 14.5. The molecule has 3 aromatic carbocycles. The van der Waals surface area contributed by atoms with Crippen LogP contribution >= 0.6 is 11.6 Å². The second-order valence-electron chi connectivity index (χ2n) is 11.1. The number of hydrogen-bond acceptors (Lipinski definition) is 7. The molecule has 0 aliphatic carbocycles. The summed E-state index contributed by atoms with van der Waals surface area (Å²) >= 11 is 6.13. The molecule has 5 rings (SSSR count). The van der Waals surface area contributed by atoms with Crippen molar-refractivity contribution >= 4 is 51.9 Å². The molecule has 46 heavy (non-hydrogen) atoms. The fourth-order valence-corrected chi connectivity index (χ4v) is 5.76. The number of nitro groups is 1. The second kappa shape index (κ2) is 13.5. The van der Waals surface area contributed by atoms with Gasteiger partial charge in [0, 0.05) is 56.1 Å². The van der Waals surface area contributed by atoms with E-state index in [-0.39, 0.29) is 28.0 Å². The maximum atomic E-state index is 14.6. The van der Waals surface area contributed by atoms with Crippen molar-refractivity contribution in [2.75, 3.05) is 48.3 Å². The van der Waals surface area contributed by atoms with Crippen LogP contribution in [0.4, 0.5) is 46.0 Å². The molecule has 10 nitrogen and oxygen atoms in total. The summed E-state index contributed by atoms with van der Waals surface area (Å²) in [7, 11) is 2.00. The number of anilines is 4. The number of carbonyl (C=O) groups excluding carboxylic acids is 2. The highest BCUT2D eigenvalue weighted by Gasteiger charge is 2.45. The first kappa shape index (κ1) is 32.9. The Morgan fingerprint density at radius 3 is 2.33 bits per heavy atom. The van der Waals surface area contributed by atoms with Gasteiger partial charge in [-0.3, -0.25) is 24.6 Å². The molecule has 2 fully saturated rings. The molecule has 2 aliphatic rings. The number of likely N-dealkylation sites (tertiary alicyclic amines) is 1. The lowest BCUT2D eigenvalue weighted by Gasteiger charge is -2.30. The number of alkyl halides is 3. The maximum Gasteiger partial charge on any atom is 0.472 e. The Morgan fingerprint density at radius 1 is 1.00 bits per heavy atom. The van der Waals surface area contributed by atoms with Gasteiger partial charge in [-0.05, 0) is 63.1 Å². The highest BCUT2D eigenvalue weighted by molar-refractivity contribution is 6.34. The number of halogens is 5. The molecule has 0 atom stereocenters. The highest BCUT2D eigenvalue weighted by atomic mass is 35.5. The van der Waals surface area contributed by atoms with Crippen LogP contribution in [-0.4, -0.2) is 67.1 Å². The van der Waals surface area contributed by atoms with Gasteiger partial charge in [-0.15, -0.1) is 0 Å². The molecule has 244 valence electrons. The molecule has 3 aromatic rings. The molecule has 0 unspecified atom stereocenters. The normalized spacial score (nSPS) is 15.9. The number of piperidine rings is 1. The van der Waals surface area contributed by atoms with E-state index in [1.807, 2.05) is 7.05 Å². The third-order valence-corrected chi connectivity index (χ3v) is 8.22.